The third kappa shape index (κ3) is 3.83. The molecule has 0 saturated carbocycles. The van der Waals surface area contributed by atoms with Crippen molar-refractivity contribution in [2.75, 3.05) is 11.9 Å². The molecule has 0 unspecified atom stereocenters. The molecule has 3 rings (SSSR count). The molecule has 1 aromatic carbocycles. The van der Waals surface area contributed by atoms with Crippen molar-refractivity contribution in [2.24, 2.45) is 0 Å². The molecule has 2 aromatic rings. The first kappa shape index (κ1) is 15.4. The van der Waals surface area contributed by atoms with Crippen LogP contribution in [0.3, 0.4) is 0 Å². The van der Waals surface area contributed by atoms with Gasteiger partial charge in [0.1, 0.15) is 5.60 Å². The summed E-state index contributed by atoms with van der Waals surface area (Å²) in [5, 5.41) is 7.82. The summed E-state index contributed by atoms with van der Waals surface area (Å²) in [6.07, 6.45) is -0.275. The van der Waals surface area contributed by atoms with Gasteiger partial charge in [0.15, 0.2) is 5.82 Å². The first-order valence-corrected chi connectivity index (χ1v) is 7.77. The van der Waals surface area contributed by atoms with Gasteiger partial charge in [0.25, 0.3) is 0 Å². The molecule has 6 heteroatoms. The summed E-state index contributed by atoms with van der Waals surface area (Å²) in [5.41, 5.74) is 1.52. The first-order chi connectivity index (χ1) is 10.9. The molecule has 0 spiro atoms. The lowest BCUT2D eigenvalue weighted by atomic mass is 10.2. The maximum atomic E-state index is 12.2. The SMILES string of the molecule is CC(C)(C)OC(=O)N1CCn2nc(Nc3ccccc3)cc2C1. The third-order valence-corrected chi connectivity index (χ3v) is 3.50. The first-order valence-electron chi connectivity index (χ1n) is 7.77. The number of fused-ring (bicyclic) bond motifs is 1. The molecule has 1 amide bonds. The number of aromatic nitrogens is 2. The van der Waals surface area contributed by atoms with Crippen LogP contribution in [0.1, 0.15) is 26.5 Å². The summed E-state index contributed by atoms with van der Waals surface area (Å²) < 4.78 is 7.37. The molecule has 1 aromatic heterocycles. The monoisotopic (exact) mass is 314 g/mol. The number of hydrogen-bond acceptors (Lipinski definition) is 4. The van der Waals surface area contributed by atoms with Gasteiger partial charge < -0.3 is 15.0 Å². The number of nitrogens with one attached hydrogen (secondary N) is 1. The van der Waals surface area contributed by atoms with E-state index in [0.717, 1.165) is 17.2 Å². The van der Waals surface area contributed by atoms with Gasteiger partial charge >= 0.3 is 6.09 Å². The molecule has 0 aliphatic carbocycles. The molecular formula is C17H22N4O2. The van der Waals surface area contributed by atoms with Gasteiger partial charge in [-0.25, -0.2) is 4.79 Å². The van der Waals surface area contributed by atoms with Crippen molar-refractivity contribution in [2.45, 2.75) is 39.5 Å². The highest BCUT2D eigenvalue weighted by Crippen LogP contribution is 2.21. The molecule has 1 aliphatic heterocycles. The number of rotatable bonds is 2. The van der Waals surface area contributed by atoms with Gasteiger partial charge in [-0.3, -0.25) is 4.68 Å². The zero-order valence-corrected chi connectivity index (χ0v) is 13.7. The van der Waals surface area contributed by atoms with Gasteiger partial charge in [-0.2, -0.15) is 5.10 Å². The largest absolute Gasteiger partial charge is 0.444 e. The van der Waals surface area contributed by atoms with Crippen molar-refractivity contribution >= 4 is 17.6 Å². The number of carbonyl (C=O) groups is 1. The van der Waals surface area contributed by atoms with Crippen LogP contribution >= 0.6 is 0 Å². The molecule has 0 fully saturated rings. The number of amides is 1. The molecular weight excluding hydrogens is 292 g/mol. The Hall–Kier alpha value is -2.50. The average Bonchev–Trinajstić information content (AvgIpc) is 2.87. The van der Waals surface area contributed by atoms with Gasteiger partial charge in [-0.05, 0) is 32.9 Å². The second-order valence-electron chi connectivity index (χ2n) is 6.64. The normalized spacial score (nSPS) is 14.3. The summed E-state index contributed by atoms with van der Waals surface area (Å²) in [4.78, 5) is 13.9. The number of ether oxygens (including phenoxy) is 1. The van der Waals surface area contributed by atoms with Crippen LogP contribution in [0, 0.1) is 0 Å². The third-order valence-electron chi connectivity index (χ3n) is 3.50. The summed E-state index contributed by atoms with van der Waals surface area (Å²) in [7, 11) is 0. The molecule has 0 radical (unpaired) electrons. The molecule has 23 heavy (non-hydrogen) atoms. The number of hydrogen-bond donors (Lipinski definition) is 1. The van der Waals surface area contributed by atoms with Gasteiger partial charge in [0.2, 0.25) is 0 Å². The summed E-state index contributed by atoms with van der Waals surface area (Å²) in [6, 6.07) is 11.9. The minimum atomic E-state index is -0.477. The lowest BCUT2D eigenvalue weighted by molar-refractivity contribution is 0.0194. The van der Waals surface area contributed by atoms with Crippen LogP contribution in [0.4, 0.5) is 16.3 Å². The molecule has 0 saturated heterocycles. The van der Waals surface area contributed by atoms with Gasteiger partial charge in [0.05, 0.1) is 18.8 Å². The number of carbonyl (C=O) groups excluding carboxylic acids is 1. The maximum absolute atomic E-state index is 12.2. The van der Waals surface area contributed by atoms with E-state index in [-0.39, 0.29) is 6.09 Å². The zero-order chi connectivity index (χ0) is 16.4. The van der Waals surface area contributed by atoms with E-state index in [1.807, 2.05) is 61.9 Å². The highest BCUT2D eigenvalue weighted by atomic mass is 16.6. The van der Waals surface area contributed by atoms with Gasteiger partial charge in [-0.1, -0.05) is 18.2 Å². The van der Waals surface area contributed by atoms with Crippen LogP contribution in [0.2, 0.25) is 0 Å². The fourth-order valence-electron chi connectivity index (χ4n) is 2.48. The Balaban J connectivity index is 1.68. The molecule has 122 valence electrons. The van der Waals surface area contributed by atoms with Crippen molar-refractivity contribution in [3.63, 3.8) is 0 Å². The van der Waals surface area contributed by atoms with E-state index >= 15 is 0 Å². The molecule has 1 aliphatic rings. The van der Waals surface area contributed by atoms with E-state index in [4.69, 9.17) is 4.74 Å². The second kappa shape index (κ2) is 5.95. The van der Waals surface area contributed by atoms with E-state index in [9.17, 15) is 4.79 Å². The minimum absolute atomic E-state index is 0.275. The van der Waals surface area contributed by atoms with Crippen molar-refractivity contribution in [1.82, 2.24) is 14.7 Å². The number of nitrogens with zero attached hydrogens (tertiary/aromatic N) is 3. The standard InChI is InChI=1S/C17H22N4O2/c1-17(2,3)23-16(22)20-9-10-21-14(12-20)11-15(19-21)18-13-7-5-4-6-8-13/h4-8,11H,9-10,12H2,1-3H3,(H,18,19). The van der Waals surface area contributed by atoms with Crippen LogP contribution in [0.25, 0.3) is 0 Å². The predicted octanol–water partition coefficient (Wildman–Crippen LogP) is 3.38. The Morgan fingerprint density at radius 3 is 2.65 bits per heavy atom. The molecule has 0 bridgehead atoms. The fourth-order valence-corrected chi connectivity index (χ4v) is 2.48. The van der Waals surface area contributed by atoms with Crippen molar-refractivity contribution in [1.29, 1.82) is 0 Å². The van der Waals surface area contributed by atoms with Gasteiger partial charge in [-0.15, -0.1) is 0 Å². The Morgan fingerprint density at radius 1 is 1.22 bits per heavy atom. The van der Waals surface area contributed by atoms with Crippen LogP contribution in [-0.2, 0) is 17.8 Å². The summed E-state index contributed by atoms with van der Waals surface area (Å²) >= 11 is 0. The molecule has 2 heterocycles. The molecule has 6 nitrogen and oxygen atoms in total. The van der Waals surface area contributed by atoms with E-state index in [0.29, 0.717) is 19.6 Å². The van der Waals surface area contributed by atoms with Crippen molar-refractivity contribution < 1.29 is 9.53 Å². The Kier molecular flexibility index (Phi) is 3.98. The quantitative estimate of drug-likeness (QED) is 0.923. The van der Waals surface area contributed by atoms with Crippen LogP contribution in [-0.4, -0.2) is 32.9 Å². The summed E-state index contributed by atoms with van der Waals surface area (Å²) in [5.74, 6) is 0.789. The average molecular weight is 314 g/mol. The lowest BCUT2D eigenvalue weighted by Crippen LogP contribution is -2.41. The highest BCUT2D eigenvalue weighted by molar-refractivity contribution is 5.68. The van der Waals surface area contributed by atoms with E-state index in [1.54, 1.807) is 4.90 Å². The smallest absolute Gasteiger partial charge is 0.410 e. The Labute approximate surface area is 136 Å². The van der Waals surface area contributed by atoms with Crippen molar-refractivity contribution in [3.8, 4) is 0 Å². The van der Waals surface area contributed by atoms with E-state index in [1.165, 1.54) is 0 Å². The molecule has 0 atom stereocenters. The predicted molar refractivity (Wildman–Crippen MR) is 88.6 cm³/mol. The number of benzene rings is 1. The Morgan fingerprint density at radius 2 is 1.96 bits per heavy atom. The second-order valence-corrected chi connectivity index (χ2v) is 6.64. The zero-order valence-electron chi connectivity index (χ0n) is 13.7. The van der Waals surface area contributed by atoms with Crippen LogP contribution in [0.15, 0.2) is 36.4 Å². The van der Waals surface area contributed by atoms with Crippen LogP contribution in [0.5, 0.6) is 0 Å². The lowest BCUT2D eigenvalue weighted by Gasteiger charge is -2.30. The number of para-hydroxylation sites is 1. The summed E-state index contributed by atoms with van der Waals surface area (Å²) in [6.45, 7) is 7.42. The van der Waals surface area contributed by atoms with E-state index in [2.05, 4.69) is 10.4 Å². The maximum Gasteiger partial charge on any atom is 0.410 e. The Bertz CT molecular complexity index is 688. The number of anilines is 2. The highest BCUT2D eigenvalue weighted by Gasteiger charge is 2.26. The van der Waals surface area contributed by atoms with E-state index < -0.39 is 5.60 Å². The topological polar surface area (TPSA) is 59.4 Å². The molecule has 1 N–H and O–H groups in total. The van der Waals surface area contributed by atoms with Gasteiger partial charge in [0, 0.05) is 18.3 Å². The minimum Gasteiger partial charge on any atom is -0.444 e. The van der Waals surface area contributed by atoms with Crippen LogP contribution < -0.4 is 5.32 Å². The fraction of sp³-hybridized carbons (Fsp3) is 0.412. The van der Waals surface area contributed by atoms with Crippen molar-refractivity contribution in [3.05, 3.63) is 42.1 Å².